The maximum absolute atomic E-state index is 12.2. The largest absolute Gasteiger partial charge is 0.486 e. The molecule has 3 aromatic rings. The van der Waals surface area contributed by atoms with Crippen molar-refractivity contribution in [3.63, 3.8) is 0 Å². The lowest BCUT2D eigenvalue weighted by atomic mass is 10.1. The van der Waals surface area contributed by atoms with Gasteiger partial charge in [0.2, 0.25) is 5.91 Å². The average molecular weight is 378 g/mol. The van der Waals surface area contributed by atoms with E-state index in [1.807, 2.05) is 18.2 Å². The van der Waals surface area contributed by atoms with Gasteiger partial charge in [0.15, 0.2) is 23.0 Å². The first-order valence-corrected chi connectivity index (χ1v) is 8.85. The third kappa shape index (κ3) is 3.88. The highest BCUT2D eigenvalue weighted by atomic mass is 16.6. The van der Waals surface area contributed by atoms with Crippen molar-refractivity contribution in [3.8, 4) is 22.8 Å². The Hall–Kier alpha value is -3.61. The van der Waals surface area contributed by atoms with Crippen molar-refractivity contribution in [1.82, 2.24) is 5.16 Å². The summed E-state index contributed by atoms with van der Waals surface area (Å²) >= 11 is 0. The van der Waals surface area contributed by atoms with Crippen LogP contribution >= 0.6 is 0 Å². The Morgan fingerprint density at radius 2 is 1.75 bits per heavy atom. The maximum Gasteiger partial charge on any atom is 0.230 e. The van der Waals surface area contributed by atoms with Crippen LogP contribution in [0, 0.1) is 0 Å². The number of hydrogen-bond acceptors (Lipinski definition) is 6. The summed E-state index contributed by atoms with van der Waals surface area (Å²) in [6, 6.07) is 14.0. The first-order valence-electron chi connectivity index (χ1n) is 8.85. The van der Waals surface area contributed by atoms with E-state index in [9.17, 15) is 9.59 Å². The van der Waals surface area contributed by atoms with Crippen LogP contribution in [-0.2, 0) is 11.2 Å². The van der Waals surface area contributed by atoms with Crippen LogP contribution < -0.4 is 14.8 Å². The van der Waals surface area contributed by atoms with E-state index in [0.29, 0.717) is 47.4 Å². The normalized spacial score (nSPS) is 12.5. The van der Waals surface area contributed by atoms with Gasteiger partial charge in [-0.3, -0.25) is 9.59 Å². The molecule has 0 saturated carbocycles. The number of ketones is 1. The predicted octanol–water partition coefficient (Wildman–Crippen LogP) is 3.50. The zero-order valence-corrected chi connectivity index (χ0v) is 15.2. The molecular weight excluding hydrogens is 360 g/mol. The number of ether oxygens (including phenoxy) is 2. The van der Waals surface area contributed by atoms with Crippen LogP contribution in [0.15, 0.2) is 53.1 Å². The second kappa shape index (κ2) is 7.56. The van der Waals surface area contributed by atoms with Crippen LogP contribution in [0.5, 0.6) is 11.5 Å². The number of carbonyl (C=O) groups excluding carboxylic acids is 2. The molecule has 1 aliphatic heterocycles. The molecule has 0 atom stereocenters. The zero-order chi connectivity index (χ0) is 19.5. The molecule has 1 N–H and O–H groups in total. The summed E-state index contributed by atoms with van der Waals surface area (Å²) in [4.78, 5) is 23.5. The van der Waals surface area contributed by atoms with Crippen molar-refractivity contribution in [2.24, 2.45) is 0 Å². The molecule has 1 amide bonds. The van der Waals surface area contributed by atoms with E-state index in [0.717, 1.165) is 5.56 Å². The van der Waals surface area contributed by atoms with Crippen molar-refractivity contribution in [2.45, 2.75) is 13.3 Å². The van der Waals surface area contributed by atoms with Gasteiger partial charge in [0, 0.05) is 22.9 Å². The molecule has 1 aromatic heterocycles. The van der Waals surface area contributed by atoms with E-state index in [1.54, 1.807) is 30.3 Å². The molecule has 0 bridgehead atoms. The third-order valence-corrected chi connectivity index (χ3v) is 4.30. The van der Waals surface area contributed by atoms with E-state index in [4.69, 9.17) is 14.0 Å². The summed E-state index contributed by atoms with van der Waals surface area (Å²) < 4.78 is 16.5. The fourth-order valence-corrected chi connectivity index (χ4v) is 2.89. The van der Waals surface area contributed by atoms with Gasteiger partial charge in [-0.25, -0.2) is 0 Å². The second-order valence-electron chi connectivity index (χ2n) is 6.40. The topological polar surface area (TPSA) is 90.7 Å². The summed E-state index contributed by atoms with van der Waals surface area (Å²) in [5.74, 6) is 1.66. The summed E-state index contributed by atoms with van der Waals surface area (Å²) in [5, 5.41) is 6.75. The highest BCUT2D eigenvalue weighted by Gasteiger charge is 2.16. The first kappa shape index (κ1) is 17.8. The van der Waals surface area contributed by atoms with E-state index < -0.39 is 0 Å². The van der Waals surface area contributed by atoms with E-state index in [2.05, 4.69) is 10.5 Å². The van der Waals surface area contributed by atoms with Crippen LogP contribution in [0.25, 0.3) is 11.3 Å². The number of Topliss-reactive ketones (excluding diaryl/α,β-unsaturated/α-hetero) is 1. The van der Waals surface area contributed by atoms with Gasteiger partial charge in [0.1, 0.15) is 13.2 Å². The Kier molecular flexibility index (Phi) is 4.80. The number of aromatic nitrogens is 1. The molecule has 1 aliphatic rings. The van der Waals surface area contributed by atoms with E-state index in [-0.39, 0.29) is 18.1 Å². The number of rotatable bonds is 5. The molecule has 7 nitrogen and oxygen atoms in total. The van der Waals surface area contributed by atoms with Gasteiger partial charge in [-0.2, -0.15) is 0 Å². The number of benzene rings is 2. The molecule has 0 radical (unpaired) electrons. The van der Waals surface area contributed by atoms with Crippen molar-refractivity contribution in [3.05, 3.63) is 59.8 Å². The van der Waals surface area contributed by atoms with Gasteiger partial charge < -0.3 is 19.3 Å². The molecule has 2 heterocycles. The predicted molar refractivity (Wildman–Crippen MR) is 102 cm³/mol. The van der Waals surface area contributed by atoms with Crippen LogP contribution in [0.3, 0.4) is 0 Å². The Morgan fingerprint density at radius 3 is 2.50 bits per heavy atom. The monoisotopic (exact) mass is 378 g/mol. The lowest BCUT2D eigenvalue weighted by molar-refractivity contribution is -0.115. The minimum Gasteiger partial charge on any atom is -0.486 e. The number of amides is 1. The standard InChI is InChI=1S/C21H18N2O5/c1-13(24)14-2-5-16(6-3-14)22-21(25)12-17-11-19(28-23-17)15-4-7-18-20(10-15)27-9-8-26-18/h2-7,10-11H,8-9,12H2,1H3,(H,22,25). The fraction of sp³-hybridized carbons (Fsp3) is 0.190. The van der Waals surface area contributed by atoms with Crippen LogP contribution in [0.1, 0.15) is 23.0 Å². The number of fused-ring (bicyclic) bond motifs is 1. The molecule has 0 aliphatic carbocycles. The number of nitrogens with zero attached hydrogens (tertiary/aromatic N) is 1. The molecule has 0 unspecified atom stereocenters. The van der Waals surface area contributed by atoms with Crippen molar-refractivity contribution in [1.29, 1.82) is 0 Å². The van der Waals surface area contributed by atoms with Gasteiger partial charge in [-0.05, 0) is 49.4 Å². The number of anilines is 1. The highest BCUT2D eigenvalue weighted by Crippen LogP contribution is 2.34. The quantitative estimate of drug-likeness (QED) is 0.684. The molecule has 0 saturated heterocycles. The molecule has 7 heteroatoms. The molecule has 2 aromatic carbocycles. The van der Waals surface area contributed by atoms with Crippen molar-refractivity contribution in [2.75, 3.05) is 18.5 Å². The Labute approximate surface area is 161 Å². The Morgan fingerprint density at radius 1 is 1.00 bits per heavy atom. The van der Waals surface area contributed by atoms with E-state index >= 15 is 0 Å². The summed E-state index contributed by atoms with van der Waals surface area (Å²) in [5.41, 5.74) is 2.52. The minimum absolute atomic E-state index is 0.0212. The van der Waals surface area contributed by atoms with E-state index in [1.165, 1.54) is 6.92 Å². The molecule has 142 valence electrons. The molecule has 4 rings (SSSR count). The van der Waals surface area contributed by atoms with Crippen LogP contribution in [0.4, 0.5) is 5.69 Å². The average Bonchev–Trinajstić information content (AvgIpc) is 3.16. The smallest absolute Gasteiger partial charge is 0.230 e. The highest BCUT2D eigenvalue weighted by molar-refractivity contribution is 5.96. The molecule has 0 fully saturated rings. The minimum atomic E-state index is -0.224. The third-order valence-electron chi connectivity index (χ3n) is 4.30. The lowest BCUT2D eigenvalue weighted by Crippen LogP contribution is -2.15. The summed E-state index contributed by atoms with van der Waals surface area (Å²) in [7, 11) is 0. The fourth-order valence-electron chi connectivity index (χ4n) is 2.89. The van der Waals surface area contributed by atoms with Crippen molar-refractivity contribution >= 4 is 17.4 Å². The van der Waals surface area contributed by atoms with Crippen LogP contribution in [-0.4, -0.2) is 30.1 Å². The lowest BCUT2D eigenvalue weighted by Gasteiger charge is -2.18. The Bertz CT molecular complexity index is 1020. The van der Waals surface area contributed by atoms with Gasteiger partial charge >= 0.3 is 0 Å². The number of nitrogens with one attached hydrogen (secondary N) is 1. The maximum atomic E-state index is 12.2. The van der Waals surface area contributed by atoms with Gasteiger partial charge in [0.05, 0.1) is 12.1 Å². The zero-order valence-electron chi connectivity index (χ0n) is 15.2. The molecule has 0 spiro atoms. The Balaban J connectivity index is 1.41. The van der Waals surface area contributed by atoms with Gasteiger partial charge in [-0.15, -0.1) is 0 Å². The van der Waals surface area contributed by atoms with Gasteiger partial charge in [-0.1, -0.05) is 5.16 Å². The number of hydrogen-bond donors (Lipinski definition) is 1. The molecule has 28 heavy (non-hydrogen) atoms. The first-order chi connectivity index (χ1) is 13.6. The molecular formula is C21H18N2O5. The van der Waals surface area contributed by atoms with Crippen molar-refractivity contribution < 1.29 is 23.6 Å². The number of carbonyl (C=O) groups is 2. The van der Waals surface area contributed by atoms with Gasteiger partial charge in [0.25, 0.3) is 0 Å². The summed E-state index contributed by atoms with van der Waals surface area (Å²) in [6.07, 6.45) is 0.0719. The second-order valence-corrected chi connectivity index (χ2v) is 6.40. The summed E-state index contributed by atoms with van der Waals surface area (Å²) in [6.45, 7) is 2.54. The van der Waals surface area contributed by atoms with Crippen LogP contribution in [0.2, 0.25) is 0 Å². The SMILES string of the molecule is CC(=O)c1ccc(NC(=O)Cc2cc(-c3ccc4c(c3)OCCO4)on2)cc1.